The summed E-state index contributed by atoms with van der Waals surface area (Å²) in [6.07, 6.45) is 3.74. The molecule has 1 fully saturated rings. The molecule has 4 nitrogen and oxygen atoms in total. The van der Waals surface area contributed by atoms with E-state index in [1.807, 2.05) is 12.1 Å². The molecule has 0 bridgehead atoms. The maximum Gasteiger partial charge on any atom is 0.253 e. The van der Waals surface area contributed by atoms with Gasteiger partial charge in [-0.1, -0.05) is 13.8 Å². The van der Waals surface area contributed by atoms with E-state index in [1.165, 1.54) is 0 Å². The molecule has 0 aromatic carbocycles. The second-order valence-electron chi connectivity index (χ2n) is 5.68. The zero-order valence-electron chi connectivity index (χ0n) is 12.0. The fourth-order valence-electron chi connectivity index (χ4n) is 2.30. The van der Waals surface area contributed by atoms with Crippen molar-refractivity contribution in [2.75, 3.05) is 20.1 Å². The smallest absolute Gasteiger partial charge is 0.253 e. The molecule has 1 aliphatic heterocycles. The maximum atomic E-state index is 12.1. The first-order valence-electron chi connectivity index (χ1n) is 7.01. The number of aromatic nitrogens is 1. The normalized spacial score (nSPS) is 17.7. The molecule has 0 spiro atoms. The number of carbonyl (C=O) groups excluding carboxylic acids is 1. The number of hydrogen-bond acceptors (Lipinski definition) is 3. The number of likely N-dealkylation sites (tertiary alicyclic amines) is 1. The molecular formula is C15H23N3O. The molecule has 4 heteroatoms. The number of carbonyl (C=O) groups is 1. The van der Waals surface area contributed by atoms with E-state index in [9.17, 15) is 4.79 Å². The van der Waals surface area contributed by atoms with Crippen molar-refractivity contribution in [3.8, 4) is 0 Å². The van der Waals surface area contributed by atoms with Crippen molar-refractivity contribution in [3.63, 3.8) is 0 Å². The van der Waals surface area contributed by atoms with E-state index in [4.69, 9.17) is 0 Å². The van der Waals surface area contributed by atoms with Gasteiger partial charge in [-0.25, -0.2) is 0 Å². The lowest BCUT2D eigenvalue weighted by molar-refractivity contribution is 0.0916. The van der Waals surface area contributed by atoms with Crippen LogP contribution < -0.4 is 5.32 Å². The summed E-state index contributed by atoms with van der Waals surface area (Å²) >= 11 is 0. The molecule has 19 heavy (non-hydrogen) atoms. The van der Waals surface area contributed by atoms with E-state index >= 15 is 0 Å². The molecule has 1 aromatic heterocycles. The summed E-state index contributed by atoms with van der Waals surface area (Å²) in [7, 11) is 2.12. The van der Waals surface area contributed by atoms with Crippen molar-refractivity contribution in [2.24, 2.45) is 0 Å². The highest BCUT2D eigenvalue weighted by Crippen LogP contribution is 2.12. The second-order valence-corrected chi connectivity index (χ2v) is 5.68. The Kier molecular flexibility index (Phi) is 4.53. The number of nitrogens with zero attached hydrogens (tertiary/aromatic N) is 2. The lowest BCUT2D eigenvalue weighted by Gasteiger charge is -2.29. The van der Waals surface area contributed by atoms with Crippen LogP contribution in [0.5, 0.6) is 0 Å². The molecule has 1 aliphatic rings. The minimum absolute atomic E-state index is 0.00245. The minimum Gasteiger partial charge on any atom is -0.349 e. The SMILES string of the molecule is CC(C)c1ccc(C(=O)NC2CCN(C)CC2)cn1. The summed E-state index contributed by atoms with van der Waals surface area (Å²) in [6, 6.07) is 4.11. The van der Waals surface area contributed by atoms with Crippen molar-refractivity contribution in [1.82, 2.24) is 15.2 Å². The molecule has 0 aliphatic carbocycles. The molecule has 0 saturated carbocycles. The first-order valence-corrected chi connectivity index (χ1v) is 7.01. The average Bonchev–Trinajstić information content (AvgIpc) is 2.41. The topological polar surface area (TPSA) is 45.2 Å². The third-order valence-electron chi connectivity index (χ3n) is 3.69. The summed E-state index contributed by atoms with van der Waals surface area (Å²) in [4.78, 5) is 18.7. The number of amides is 1. The summed E-state index contributed by atoms with van der Waals surface area (Å²) in [5.41, 5.74) is 1.68. The molecule has 2 heterocycles. The van der Waals surface area contributed by atoms with Gasteiger partial charge in [-0.2, -0.15) is 0 Å². The number of rotatable bonds is 3. The van der Waals surface area contributed by atoms with Gasteiger partial charge in [-0.15, -0.1) is 0 Å². The molecular weight excluding hydrogens is 238 g/mol. The predicted octanol–water partition coefficient (Wildman–Crippen LogP) is 2.03. The summed E-state index contributed by atoms with van der Waals surface area (Å²) in [5.74, 6) is 0.392. The second kappa shape index (κ2) is 6.15. The van der Waals surface area contributed by atoms with Gasteiger partial charge in [0.05, 0.1) is 5.56 Å². The van der Waals surface area contributed by atoms with Crippen molar-refractivity contribution in [1.29, 1.82) is 0 Å². The lowest BCUT2D eigenvalue weighted by Crippen LogP contribution is -2.43. The largest absolute Gasteiger partial charge is 0.349 e. The van der Waals surface area contributed by atoms with Crippen LogP contribution in [-0.4, -0.2) is 42.0 Å². The monoisotopic (exact) mass is 261 g/mol. The fourth-order valence-corrected chi connectivity index (χ4v) is 2.30. The van der Waals surface area contributed by atoms with E-state index in [-0.39, 0.29) is 5.91 Å². The third-order valence-corrected chi connectivity index (χ3v) is 3.69. The Labute approximate surface area is 115 Å². The van der Waals surface area contributed by atoms with Gasteiger partial charge in [0, 0.05) is 17.9 Å². The van der Waals surface area contributed by atoms with Gasteiger partial charge in [0.1, 0.15) is 0 Å². The van der Waals surface area contributed by atoms with Crippen LogP contribution in [0.15, 0.2) is 18.3 Å². The molecule has 0 atom stereocenters. The number of nitrogens with one attached hydrogen (secondary N) is 1. The Balaban J connectivity index is 1.92. The van der Waals surface area contributed by atoms with E-state index in [2.05, 4.69) is 36.1 Å². The van der Waals surface area contributed by atoms with Crippen LogP contribution in [0, 0.1) is 0 Å². The number of piperidine rings is 1. The first kappa shape index (κ1) is 14.0. The number of pyridine rings is 1. The molecule has 0 unspecified atom stereocenters. The van der Waals surface area contributed by atoms with Crippen LogP contribution in [0.2, 0.25) is 0 Å². The predicted molar refractivity (Wildman–Crippen MR) is 76.3 cm³/mol. The Hall–Kier alpha value is -1.42. The van der Waals surface area contributed by atoms with Gasteiger partial charge in [0.15, 0.2) is 0 Å². The molecule has 104 valence electrons. The Morgan fingerprint density at radius 3 is 2.58 bits per heavy atom. The van der Waals surface area contributed by atoms with Crippen molar-refractivity contribution >= 4 is 5.91 Å². The number of hydrogen-bond donors (Lipinski definition) is 1. The van der Waals surface area contributed by atoms with Gasteiger partial charge in [0.2, 0.25) is 0 Å². The van der Waals surface area contributed by atoms with Gasteiger partial charge >= 0.3 is 0 Å². The van der Waals surface area contributed by atoms with Crippen LogP contribution >= 0.6 is 0 Å². The van der Waals surface area contributed by atoms with Crippen LogP contribution in [0.3, 0.4) is 0 Å². The van der Waals surface area contributed by atoms with E-state index in [1.54, 1.807) is 6.20 Å². The summed E-state index contributed by atoms with van der Waals surface area (Å²) < 4.78 is 0. The van der Waals surface area contributed by atoms with Gasteiger partial charge in [-0.05, 0) is 51.0 Å². The quantitative estimate of drug-likeness (QED) is 0.905. The standard InChI is InChI=1S/C15H23N3O/c1-11(2)14-5-4-12(10-16-14)15(19)17-13-6-8-18(3)9-7-13/h4-5,10-11,13H,6-9H2,1-3H3,(H,17,19). The highest BCUT2D eigenvalue weighted by Gasteiger charge is 2.19. The summed E-state index contributed by atoms with van der Waals surface area (Å²) in [6.45, 7) is 6.30. The lowest BCUT2D eigenvalue weighted by atomic mass is 10.0. The first-order chi connectivity index (χ1) is 9.06. The summed E-state index contributed by atoms with van der Waals surface area (Å²) in [5, 5.41) is 3.10. The van der Waals surface area contributed by atoms with Crippen molar-refractivity contribution < 1.29 is 4.79 Å². The van der Waals surface area contributed by atoms with Crippen LogP contribution in [0.25, 0.3) is 0 Å². The van der Waals surface area contributed by atoms with E-state index in [0.717, 1.165) is 31.6 Å². The maximum absolute atomic E-state index is 12.1. The van der Waals surface area contributed by atoms with Crippen LogP contribution in [-0.2, 0) is 0 Å². The van der Waals surface area contributed by atoms with Crippen LogP contribution in [0.1, 0.15) is 48.7 Å². The minimum atomic E-state index is -0.00245. The average molecular weight is 261 g/mol. The fraction of sp³-hybridized carbons (Fsp3) is 0.600. The zero-order valence-corrected chi connectivity index (χ0v) is 12.0. The third kappa shape index (κ3) is 3.77. The highest BCUT2D eigenvalue weighted by atomic mass is 16.1. The van der Waals surface area contributed by atoms with Gasteiger partial charge < -0.3 is 10.2 Å². The van der Waals surface area contributed by atoms with E-state index in [0.29, 0.717) is 17.5 Å². The Bertz CT molecular complexity index is 420. The highest BCUT2D eigenvalue weighted by molar-refractivity contribution is 5.94. The molecule has 1 amide bonds. The van der Waals surface area contributed by atoms with Gasteiger partial charge in [0.25, 0.3) is 5.91 Å². The Morgan fingerprint density at radius 1 is 1.37 bits per heavy atom. The van der Waals surface area contributed by atoms with Crippen molar-refractivity contribution in [2.45, 2.75) is 38.6 Å². The molecule has 1 saturated heterocycles. The van der Waals surface area contributed by atoms with Gasteiger partial charge in [-0.3, -0.25) is 9.78 Å². The molecule has 0 radical (unpaired) electrons. The molecule has 1 N–H and O–H groups in total. The Morgan fingerprint density at radius 2 is 2.05 bits per heavy atom. The van der Waals surface area contributed by atoms with E-state index < -0.39 is 0 Å². The molecule has 2 rings (SSSR count). The van der Waals surface area contributed by atoms with Crippen LogP contribution in [0.4, 0.5) is 0 Å². The van der Waals surface area contributed by atoms with Crippen molar-refractivity contribution in [3.05, 3.63) is 29.6 Å². The zero-order chi connectivity index (χ0) is 13.8. The molecule has 1 aromatic rings.